The highest BCUT2D eigenvalue weighted by atomic mass is 14.4. The van der Waals surface area contributed by atoms with Crippen molar-refractivity contribution in [2.75, 3.05) is 0 Å². The second kappa shape index (κ2) is 9.56. The molecule has 2 aliphatic carbocycles. The van der Waals surface area contributed by atoms with Gasteiger partial charge in [-0.1, -0.05) is 166 Å². The average molecular weight is 621 g/mol. The minimum absolute atomic E-state index is 0.0987. The van der Waals surface area contributed by atoms with Crippen LogP contribution in [0.1, 0.15) is 25.0 Å². The largest absolute Gasteiger partial charge is 0.0619 e. The van der Waals surface area contributed by atoms with Gasteiger partial charge in [0.2, 0.25) is 0 Å². The molecule has 9 aromatic rings. The molecule has 0 radical (unpaired) electrons. The molecule has 9 aromatic carbocycles. The first-order valence-electron chi connectivity index (χ1n) is 17.4. The van der Waals surface area contributed by atoms with E-state index in [1.165, 1.54) is 110 Å². The van der Waals surface area contributed by atoms with Crippen LogP contribution < -0.4 is 0 Å². The lowest BCUT2D eigenvalue weighted by Gasteiger charge is -2.24. The molecule has 11 rings (SSSR count). The van der Waals surface area contributed by atoms with Crippen LogP contribution in [0.25, 0.3) is 98.7 Å². The van der Waals surface area contributed by atoms with Crippen molar-refractivity contribution in [3.05, 3.63) is 169 Å². The number of hydrogen-bond acceptors (Lipinski definition) is 0. The average Bonchev–Trinajstić information content (AvgIpc) is 3.60. The Morgan fingerprint density at radius 3 is 1.35 bits per heavy atom. The number of rotatable bonds is 2. The summed E-state index contributed by atoms with van der Waals surface area (Å²) in [7, 11) is 0. The molecule has 0 aliphatic heterocycles. The zero-order chi connectivity index (χ0) is 32.4. The fraction of sp³-hybridized carbons (Fsp3) is 0.0612. The summed E-state index contributed by atoms with van der Waals surface area (Å²) in [4.78, 5) is 0. The normalized spacial score (nSPS) is 13.7. The zero-order valence-electron chi connectivity index (χ0n) is 27.5. The Hall–Kier alpha value is -5.98. The molecule has 0 bridgehead atoms. The Labute approximate surface area is 285 Å². The fourth-order valence-corrected chi connectivity index (χ4v) is 9.49. The number of hydrogen-bond donors (Lipinski definition) is 0. The lowest BCUT2D eigenvalue weighted by molar-refractivity contribution is 0.661. The molecule has 0 nitrogen and oxygen atoms in total. The van der Waals surface area contributed by atoms with Gasteiger partial charge in [-0.3, -0.25) is 0 Å². The molecule has 0 aromatic heterocycles. The summed E-state index contributed by atoms with van der Waals surface area (Å²) in [5.41, 5.74) is 16.0. The standard InChI is InChI=1S/C49H32/c1-49(2)43-25-12-11-22-41(43)48-33-17-6-5-16-31(33)42(28-44(48)49)47-36-20-9-7-18-34(36)46(35-19-8-10-21-37(35)47)40-27-26-39-30-15-4-3-14-29(30)32-23-13-24-38(40)45(32)39/h3-28H,1-2H3. The van der Waals surface area contributed by atoms with E-state index >= 15 is 0 Å². The van der Waals surface area contributed by atoms with Gasteiger partial charge in [-0.25, -0.2) is 0 Å². The molecule has 0 saturated carbocycles. The van der Waals surface area contributed by atoms with Crippen molar-refractivity contribution < 1.29 is 0 Å². The summed E-state index contributed by atoms with van der Waals surface area (Å²) in [5, 5.41) is 10.5. The second-order valence-corrected chi connectivity index (χ2v) is 14.3. The van der Waals surface area contributed by atoms with Crippen molar-refractivity contribution >= 4 is 43.1 Å². The molecule has 228 valence electrons. The predicted octanol–water partition coefficient (Wildman–Crippen LogP) is 13.6. The Morgan fingerprint density at radius 1 is 0.286 bits per heavy atom. The molecule has 0 N–H and O–H groups in total. The van der Waals surface area contributed by atoms with Crippen LogP contribution in [0.2, 0.25) is 0 Å². The monoisotopic (exact) mass is 620 g/mol. The fourth-order valence-electron chi connectivity index (χ4n) is 9.49. The number of benzene rings is 9. The van der Waals surface area contributed by atoms with Crippen molar-refractivity contribution in [2.45, 2.75) is 19.3 Å². The molecule has 0 unspecified atom stereocenters. The van der Waals surface area contributed by atoms with Crippen molar-refractivity contribution in [1.29, 1.82) is 0 Å². The molecule has 0 atom stereocenters. The summed E-state index contributed by atoms with van der Waals surface area (Å²) in [6, 6.07) is 59.3. The lowest BCUT2D eigenvalue weighted by Crippen LogP contribution is -2.15. The van der Waals surface area contributed by atoms with Crippen molar-refractivity contribution in [3.63, 3.8) is 0 Å². The van der Waals surface area contributed by atoms with E-state index in [0.717, 1.165) is 0 Å². The van der Waals surface area contributed by atoms with Crippen LogP contribution in [-0.2, 0) is 5.41 Å². The third-order valence-electron chi connectivity index (χ3n) is 11.6. The van der Waals surface area contributed by atoms with Crippen molar-refractivity contribution in [2.24, 2.45) is 0 Å². The van der Waals surface area contributed by atoms with E-state index in [2.05, 4.69) is 172 Å². The molecule has 0 fully saturated rings. The predicted molar refractivity (Wildman–Crippen MR) is 209 cm³/mol. The highest BCUT2D eigenvalue weighted by Crippen LogP contribution is 2.56. The summed E-state index contributed by atoms with van der Waals surface area (Å²) < 4.78 is 0. The van der Waals surface area contributed by atoms with Crippen LogP contribution in [0.3, 0.4) is 0 Å². The first-order valence-corrected chi connectivity index (χ1v) is 17.4. The third-order valence-corrected chi connectivity index (χ3v) is 11.6. The van der Waals surface area contributed by atoms with Crippen LogP contribution in [-0.4, -0.2) is 0 Å². The second-order valence-electron chi connectivity index (χ2n) is 14.3. The van der Waals surface area contributed by atoms with Gasteiger partial charge in [0.05, 0.1) is 0 Å². The van der Waals surface area contributed by atoms with E-state index in [4.69, 9.17) is 0 Å². The topological polar surface area (TPSA) is 0 Å². The number of fused-ring (bicyclic) bond motifs is 10. The van der Waals surface area contributed by atoms with Crippen LogP contribution in [0.4, 0.5) is 0 Å². The van der Waals surface area contributed by atoms with E-state index in [9.17, 15) is 0 Å². The van der Waals surface area contributed by atoms with Gasteiger partial charge in [0.15, 0.2) is 0 Å². The van der Waals surface area contributed by atoms with Gasteiger partial charge in [0.1, 0.15) is 0 Å². The van der Waals surface area contributed by atoms with Crippen LogP contribution >= 0.6 is 0 Å². The minimum Gasteiger partial charge on any atom is -0.0619 e. The van der Waals surface area contributed by atoms with Crippen LogP contribution in [0.5, 0.6) is 0 Å². The van der Waals surface area contributed by atoms with Crippen LogP contribution in [0.15, 0.2) is 158 Å². The first kappa shape index (κ1) is 27.0. The quantitative estimate of drug-likeness (QED) is 0.169. The van der Waals surface area contributed by atoms with Gasteiger partial charge in [-0.2, -0.15) is 0 Å². The summed E-state index contributed by atoms with van der Waals surface area (Å²) >= 11 is 0. The Bertz CT molecular complexity index is 2810. The zero-order valence-corrected chi connectivity index (χ0v) is 27.5. The Morgan fingerprint density at radius 2 is 0.714 bits per heavy atom. The maximum Gasteiger partial charge on any atom is 0.0159 e. The van der Waals surface area contributed by atoms with Crippen molar-refractivity contribution in [1.82, 2.24) is 0 Å². The smallest absolute Gasteiger partial charge is 0.0159 e. The highest BCUT2D eigenvalue weighted by molar-refractivity contribution is 6.28. The van der Waals surface area contributed by atoms with Crippen molar-refractivity contribution in [3.8, 4) is 55.6 Å². The van der Waals surface area contributed by atoms with E-state index in [1.54, 1.807) is 0 Å². The molecule has 0 spiro atoms. The molecular formula is C49H32. The summed E-state index contributed by atoms with van der Waals surface area (Å²) in [6.07, 6.45) is 0. The van der Waals surface area contributed by atoms with Gasteiger partial charge in [-0.15, -0.1) is 0 Å². The summed E-state index contributed by atoms with van der Waals surface area (Å²) in [5.74, 6) is 0. The molecule has 49 heavy (non-hydrogen) atoms. The van der Waals surface area contributed by atoms with Gasteiger partial charge in [0.25, 0.3) is 0 Å². The minimum atomic E-state index is -0.0987. The molecule has 0 amide bonds. The molecule has 0 saturated heterocycles. The maximum atomic E-state index is 2.53. The van der Waals surface area contributed by atoms with E-state index < -0.39 is 0 Å². The van der Waals surface area contributed by atoms with E-state index in [-0.39, 0.29) is 5.41 Å². The van der Waals surface area contributed by atoms with E-state index in [1.807, 2.05) is 0 Å². The highest BCUT2D eigenvalue weighted by Gasteiger charge is 2.37. The summed E-state index contributed by atoms with van der Waals surface area (Å²) in [6.45, 7) is 4.78. The first-order chi connectivity index (χ1) is 24.1. The third kappa shape index (κ3) is 3.43. The van der Waals surface area contributed by atoms with E-state index in [0.29, 0.717) is 0 Å². The molecule has 2 aliphatic rings. The van der Waals surface area contributed by atoms with Gasteiger partial charge in [-0.05, 0) is 116 Å². The molecular weight excluding hydrogens is 589 g/mol. The van der Waals surface area contributed by atoms with Crippen LogP contribution in [0, 0.1) is 0 Å². The molecule has 0 heterocycles. The lowest BCUT2D eigenvalue weighted by atomic mass is 9.78. The Kier molecular flexibility index (Phi) is 5.27. The Balaban J connectivity index is 1.27. The molecule has 0 heteroatoms. The SMILES string of the molecule is CC1(C)c2ccccc2-c2c1cc(-c1c3ccccc3c(-c3ccc4c5c(cccc35)-c3ccccc3-4)c3ccccc13)c1ccccc21. The van der Waals surface area contributed by atoms with Gasteiger partial charge in [0, 0.05) is 5.41 Å². The maximum absolute atomic E-state index is 2.53. The van der Waals surface area contributed by atoms with Gasteiger partial charge < -0.3 is 0 Å². The van der Waals surface area contributed by atoms with Gasteiger partial charge >= 0.3 is 0 Å².